The standard InChI is InChI=1S/C24H25N3O4/c1-26(11-13-28)24(30)19-15-21(25-20-10-6-5-9-18(19)20)22-16-27(12-14-31-22)23(29)17-7-3-2-4-8-17/h2-10,15,22,28H,11-14,16H2,1H3/t22-/m0/s1. The summed E-state index contributed by atoms with van der Waals surface area (Å²) in [5, 5.41) is 9.96. The predicted octanol–water partition coefficient (Wildman–Crippen LogP) is 2.51. The molecule has 1 atom stereocenters. The van der Waals surface area contributed by atoms with E-state index >= 15 is 0 Å². The maximum Gasteiger partial charge on any atom is 0.254 e. The molecule has 0 bridgehead atoms. The molecule has 160 valence electrons. The number of para-hydroxylation sites is 1. The Balaban J connectivity index is 1.66. The SMILES string of the molecule is CN(CCO)C(=O)c1cc([C@@H]2CN(C(=O)c3ccccc3)CCO2)nc2ccccc12. The van der Waals surface area contributed by atoms with Gasteiger partial charge in [-0.2, -0.15) is 0 Å². The predicted molar refractivity (Wildman–Crippen MR) is 117 cm³/mol. The number of benzene rings is 2. The van der Waals surface area contributed by atoms with Gasteiger partial charge in [-0.1, -0.05) is 36.4 Å². The minimum Gasteiger partial charge on any atom is -0.395 e. The van der Waals surface area contributed by atoms with Gasteiger partial charge in [0.05, 0.1) is 36.5 Å². The molecule has 1 saturated heterocycles. The summed E-state index contributed by atoms with van der Waals surface area (Å²) in [5.74, 6) is -0.240. The molecule has 0 radical (unpaired) electrons. The topological polar surface area (TPSA) is 83.0 Å². The number of amides is 2. The Morgan fingerprint density at radius 2 is 1.90 bits per heavy atom. The van der Waals surface area contributed by atoms with Crippen LogP contribution in [0.4, 0.5) is 0 Å². The van der Waals surface area contributed by atoms with Gasteiger partial charge in [-0.05, 0) is 24.3 Å². The molecule has 1 fully saturated rings. The lowest BCUT2D eigenvalue weighted by Crippen LogP contribution is -2.42. The van der Waals surface area contributed by atoms with E-state index < -0.39 is 6.10 Å². The van der Waals surface area contributed by atoms with Gasteiger partial charge >= 0.3 is 0 Å². The van der Waals surface area contributed by atoms with E-state index in [0.29, 0.717) is 42.0 Å². The van der Waals surface area contributed by atoms with Crippen molar-refractivity contribution in [3.63, 3.8) is 0 Å². The maximum atomic E-state index is 13.0. The minimum atomic E-state index is -0.430. The second kappa shape index (κ2) is 9.24. The Labute approximate surface area is 180 Å². The molecule has 0 saturated carbocycles. The Morgan fingerprint density at radius 3 is 2.68 bits per heavy atom. The molecule has 2 heterocycles. The number of rotatable bonds is 5. The summed E-state index contributed by atoms with van der Waals surface area (Å²) in [4.78, 5) is 33.9. The molecular formula is C24H25N3O4. The van der Waals surface area contributed by atoms with Gasteiger partial charge in [0.2, 0.25) is 0 Å². The number of ether oxygens (including phenoxy) is 1. The van der Waals surface area contributed by atoms with E-state index in [1.54, 1.807) is 30.1 Å². The van der Waals surface area contributed by atoms with Crippen molar-refractivity contribution in [1.82, 2.24) is 14.8 Å². The zero-order valence-corrected chi connectivity index (χ0v) is 17.4. The Bertz CT molecular complexity index is 1090. The van der Waals surface area contributed by atoms with Crippen LogP contribution in [-0.2, 0) is 4.74 Å². The molecule has 2 amide bonds. The first-order chi connectivity index (χ1) is 15.1. The van der Waals surface area contributed by atoms with E-state index in [0.717, 1.165) is 5.39 Å². The molecule has 31 heavy (non-hydrogen) atoms. The molecule has 1 aliphatic rings. The van der Waals surface area contributed by atoms with Crippen molar-refractivity contribution in [2.75, 3.05) is 39.9 Å². The van der Waals surface area contributed by atoms with E-state index in [1.807, 2.05) is 42.5 Å². The molecule has 1 N–H and O–H groups in total. The Kier molecular flexibility index (Phi) is 6.25. The van der Waals surface area contributed by atoms with Gasteiger partial charge < -0.3 is 19.6 Å². The highest BCUT2D eigenvalue weighted by Gasteiger charge is 2.28. The van der Waals surface area contributed by atoms with Crippen molar-refractivity contribution in [1.29, 1.82) is 0 Å². The summed E-state index contributed by atoms with van der Waals surface area (Å²) in [6.45, 7) is 1.39. The third kappa shape index (κ3) is 4.42. The van der Waals surface area contributed by atoms with E-state index in [-0.39, 0.29) is 25.0 Å². The van der Waals surface area contributed by atoms with Crippen LogP contribution in [0.2, 0.25) is 0 Å². The number of pyridine rings is 1. The average molecular weight is 419 g/mol. The number of hydrogen-bond donors (Lipinski definition) is 1. The largest absolute Gasteiger partial charge is 0.395 e. The van der Waals surface area contributed by atoms with E-state index in [1.165, 1.54) is 4.90 Å². The van der Waals surface area contributed by atoms with Crippen LogP contribution in [0.5, 0.6) is 0 Å². The summed E-state index contributed by atoms with van der Waals surface area (Å²) < 4.78 is 5.95. The van der Waals surface area contributed by atoms with Crippen molar-refractivity contribution in [3.8, 4) is 0 Å². The molecule has 0 spiro atoms. The number of nitrogens with zero attached hydrogens (tertiary/aromatic N) is 3. The number of aromatic nitrogens is 1. The minimum absolute atomic E-state index is 0.0475. The van der Waals surface area contributed by atoms with Gasteiger partial charge in [0.15, 0.2) is 0 Å². The molecule has 0 aliphatic carbocycles. The number of aliphatic hydroxyl groups excluding tert-OH is 1. The van der Waals surface area contributed by atoms with Gasteiger partial charge in [-0.3, -0.25) is 9.59 Å². The van der Waals surface area contributed by atoms with Gasteiger partial charge in [0, 0.05) is 31.1 Å². The molecule has 1 aromatic heterocycles. The monoisotopic (exact) mass is 419 g/mol. The van der Waals surface area contributed by atoms with Crippen LogP contribution in [-0.4, -0.2) is 71.6 Å². The van der Waals surface area contributed by atoms with Crippen LogP contribution in [0.15, 0.2) is 60.7 Å². The number of carbonyl (C=O) groups excluding carboxylic acids is 2. The number of likely N-dealkylation sites (N-methyl/N-ethyl adjacent to an activating group) is 1. The van der Waals surface area contributed by atoms with Crippen LogP contribution in [0, 0.1) is 0 Å². The average Bonchev–Trinajstić information content (AvgIpc) is 2.83. The highest BCUT2D eigenvalue weighted by molar-refractivity contribution is 6.06. The molecule has 7 nitrogen and oxygen atoms in total. The summed E-state index contributed by atoms with van der Waals surface area (Å²) in [6.07, 6.45) is -0.430. The first-order valence-electron chi connectivity index (χ1n) is 10.3. The molecule has 2 aromatic carbocycles. The van der Waals surface area contributed by atoms with Crippen LogP contribution >= 0.6 is 0 Å². The third-order valence-electron chi connectivity index (χ3n) is 5.45. The number of aliphatic hydroxyl groups is 1. The zero-order chi connectivity index (χ0) is 21.8. The summed E-state index contributed by atoms with van der Waals surface area (Å²) in [6, 6.07) is 18.4. The number of morpholine rings is 1. The smallest absolute Gasteiger partial charge is 0.254 e. The van der Waals surface area contributed by atoms with Crippen molar-refractivity contribution >= 4 is 22.7 Å². The zero-order valence-electron chi connectivity index (χ0n) is 17.4. The van der Waals surface area contributed by atoms with Crippen LogP contribution in [0.3, 0.4) is 0 Å². The lowest BCUT2D eigenvalue weighted by Gasteiger charge is -2.33. The first-order valence-corrected chi connectivity index (χ1v) is 10.3. The Hall–Kier alpha value is -3.29. The molecule has 0 unspecified atom stereocenters. The number of fused-ring (bicyclic) bond motifs is 1. The molecule has 1 aliphatic heterocycles. The van der Waals surface area contributed by atoms with Gasteiger partial charge in [-0.25, -0.2) is 4.98 Å². The maximum absolute atomic E-state index is 13.0. The van der Waals surface area contributed by atoms with E-state index in [2.05, 4.69) is 0 Å². The quantitative estimate of drug-likeness (QED) is 0.687. The van der Waals surface area contributed by atoms with Gasteiger partial charge in [0.25, 0.3) is 11.8 Å². The fourth-order valence-electron chi connectivity index (χ4n) is 3.77. The lowest BCUT2D eigenvalue weighted by molar-refractivity contribution is -0.0246. The van der Waals surface area contributed by atoms with Crippen LogP contribution < -0.4 is 0 Å². The van der Waals surface area contributed by atoms with Crippen molar-refractivity contribution in [3.05, 3.63) is 77.5 Å². The van der Waals surface area contributed by atoms with Crippen LogP contribution in [0.1, 0.15) is 32.5 Å². The lowest BCUT2D eigenvalue weighted by atomic mass is 10.0. The van der Waals surface area contributed by atoms with Crippen molar-refractivity contribution in [2.45, 2.75) is 6.10 Å². The molecule has 7 heteroatoms. The van der Waals surface area contributed by atoms with E-state index in [4.69, 9.17) is 9.72 Å². The number of carbonyl (C=O) groups is 2. The molecular weight excluding hydrogens is 394 g/mol. The fraction of sp³-hybridized carbons (Fsp3) is 0.292. The van der Waals surface area contributed by atoms with E-state index in [9.17, 15) is 14.7 Å². The van der Waals surface area contributed by atoms with Crippen molar-refractivity contribution < 1.29 is 19.4 Å². The summed E-state index contributed by atoms with van der Waals surface area (Å²) >= 11 is 0. The Morgan fingerprint density at radius 1 is 1.16 bits per heavy atom. The highest BCUT2D eigenvalue weighted by atomic mass is 16.5. The fourth-order valence-corrected chi connectivity index (χ4v) is 3.77. The first kappa shape index (κ1) is 21.0. The van der Waals surface area contributed by atoms with Gasteiger partial charge in [0.1, 0.15) is 6.10 Å². The second-order valence-corrected chi connectivity index (χ2v) is 7.54. The number of hydrogen-bond acceptors (Lipinski definition) is 5. The summed E-state index contributed by atoms with van der Waals surface area (Å²) in [5.41, 5.74) is 2.45. The summed E-state index contributed by atoms with van der Waals surface area (Å²) in [7, 11) is 1.66. The van der Waals surface area contributed by atoms with Crippen molar-refractivity contribution in [2.24, 2.45) is 0 Å². The van der Waals surface area contributed by atoms with Gasteiger partial charge in [-0.15, -0.1) is 0 Å². The second-order valence-electron chi connectivity index (χ2n) is 7.54. The normalized spacial score (nSPS) is 16.3. The highest BCUT2D eigenvalue weighted by Crippen LogP contribution is 2.27. The molecule has 4 rings (SSSR count). The molecule has 3 aromatic rings. The third-order valence-corrected chi connectivity index (χ3v) is 5.45. The van der Waals surface area contributed by atoms with Crippen LogP contribution in [0.25, 0.3) is 10.9 Å².